The fourth-order valence-corrected chi connectivity index (χ4v) is 2.29. The van der Waals surface area contributed by atoms with Crippen LogP contribution in [0.25, 0.3) is 0 Å². The van der Waals surface area contributed by atoms with Crippen LogP contribution in [0, 0.1) is 5.92 Å². The number of hydrogen-bond acceptors (Lipinski definition) is 3. The third-order valence-electron chi connectivity index (χ3n) is 3.90. The molecule has 0 aliphatic carbocycles. The number of benzene rings is 1. The summed E-state index contributed by atoms with van der Waals surface area (Å²) in [6, 6.07) is 6.75. The molecule has 1 aromatic rings. The molecule has 1 rings (SSSR count). The molecule has 134 valence electrons. The minimum atomic E-state index is -0.701. The van der Waals surface area contributed by atoms with E-state index >= 15 is 0 Å². The highest BCUT2D eigenvalue weighted by atomic mass is 16.3. The molecule has 5 nitrogen and oxygen atoms in total. The highest BCUT2D eigenvalue weighted by molar-refractivity contribution is 5.97. The average Bonchev–Trinajstić information content (AvgIpc) is 2.49. The van der Waals surface area contributed by atoms with E-state index in [4.69, 9.17) is 0 Å². The van der Waals surface area contributed by atoms with Gasteiger partial charge in [-0.2, -0.15) is 0 Å². The highest BCUT2D eigenvalue weighted by Gasteiger charge is 2.25. The monoisotopic (exact) mass is 334 g/mol. The van der Waals surface area contributed by atoms with Crippen LogP contribution >= 0.6 is 0 Å². The molecule has 0 saturated heterocycles. The van der Waals surface area contributed by atoms with Crippen molar-refractivity contribution >= 4 is 11.8 Å². The number of aliphatic hydroxyl groups is 1. The highest BCUT2D eigenvalue weighted by Crippen LogP contribution is 2.14. The Balaban J connectivity index is 2.75. The van der Waals surface area contributed by atoms with E-state index in [1.807, 2.05) is 26.0 Å². The van der Waals surface area contributed by atoms with E-state index in [1.165, 1.54) is 4.90 Å². The average molecular weight is 334 g/mol. The fraction of sp³-hybridized carbons (Fsp3) is 0.579. The topological polar surface area (TPSA) is 69.6 Å². The Morgan fingerprint density at radius 3 is 2.12 bits per heavy atom. The number of carbonyl (C=O) groups is 2. The summed E-state index contributed by atoms with van der Waals surface area (Å²) in [5.74, 6) is -0.354. The van der Waals surface area contributed by atoms with Crippen LogP contribution in [0.1, 0.15) is 50.0 Å². The zero-order chi connectivity index (χ0) is 18.5. The van der Waals surface area contributed by atoms with Crippen molar-refractivity contribution in [1.82, 2.24) is 10.2 Å². The summed E-state index contributed by atoms with van der Waals surface area (Å²) in [7, 11) is 3.36. The Labute approximate surface area is 145 Å². The maximum Gasteiger partial charge on any atom is 0.251 e. The van der Waals surface area contributed by atoms with Crippen molar-refractivity contribution < 1.29 is 14.7 Å². The Morgan fingerprint density at radius 1 is 1.17 bits per heavy atom. The van der Waals surface area contributed by atoms with Gasteiger partial charge in [0.15, 0.2) is 0 Å². The van der Waals surface area contributed by atoms with Crippen molar-refractivity contribution in [1.29, 1.82) is 0 Å². The number of amides is 2. The minimum Gasteiger partial charge on any atom is -0.390 e. The van der Waals surface area contributed by atoms with E-state index in [0.29, 0.717) is 12.0 Å². The van der Waals surface area contributed by atoms with Gasteiger partial charge in [-0.25, -0.2) is 0 Å². The fourth-order valence-electron chi connectivity index (χ4n) is 2.29. The van der Waals surface area contributed by atoms with Crippen molar-refractivity contribution in [2.24, 2.45) is 5.92 Å². The van der Waals surface area contributed by atoms with Gasteiger partial charge in [0.25, 0.3) is 5.91 Å². The van der Waals surface area contributed by atoms with Crippen molar-refractivity contribution in [3.05, 3.63) is 35.4 Å². The first-order chi connectivity index (χ1) is 11.0. The van der Waals surface area contributed by atoms with Gasteiger partial charge in [0.05, 0.1) is 5.60 Å². The molecular weight excluding hydrogens is 304 g/mol. The SMILES string of the molecule is CC(C)C(NC(=O)c1ccc(CCC(C)(C)O)cc1)C(=O)N(C)C. The zero-order valence-electron chi connectivity index (χ0n) is 15.6. The van der Waals surface area contributed by atoms with Crippen molar-refractivity contribution in [3.8, 4) is 0 Å². The summed E-state index contributed by atoms with van der Waals surface area (Å²) in [5, 5.41) is 12.6. The van der Waals surface area contributed by atoms with Gasteiger partial charge in [-0.3, -0.25) is 9.59 Å². The normalized spacial score (nSPS) is 12.8. The van der Waals surface area contributed by atoms with Crippen LogP contribution < -0.4 is 5.32 Å². The zero-order valence-corrected chi connectivity index (χ0v) is 15.6. The largest absolute Gasteiger partial charge is 0.390 e. The lowest BCUT2D eigenvalue weighted by Crippen LogP contribution is -2.49. The molecule has 0 aliphatic heterocycles. The molecule has 2 amide bonds. The first kappa shape index (κ1) is 20.2. The van der Waals surface area contributed by atoms with Crippen LogP contribution in [-0.2, 0) is 11.2 Å². The lowest BCUT2D eigenvalue weighted by molar-refractivity contribution is -0.131. The van der Waals surface area contributed by atoms with Crippen LogP contribution in [0.2, 0.25) is 0 Å². The molecule has 0 bridgehead atoms. The minimum absolute atomic E-state index is 0.00917. The van der Waals surface area contributed by atoms with Crippen LogP contribution in [0.5, 0.6) is 0 Å². The first-order valence-corrected chi connectivity index (χ1v) is 8.34. The van der Waals surface area contributed by atoms with Crippen LogP contribution in [0.15, 0.2) is 24.3 Å². The summed E-state index contributed by atoms with van der Waals surface area (Å²) >= 11 is 0. The third kappa shape index (κ3) is 6.32. The number of hydrogen-bond donors (Lipinski definition) is 2. The second-order valence-electron chi connectivity index (χ2n) is 7.44. The van der Waals surface area contributed by atoms with Crippen LogP contribution in [-0.4, -0.2) is 47.6 Å². The quantitative estimate of drug-likeness (QED) is 0.803. The first-order valence-electron chi connectivity index (χ1n) is 8.34. The molecule has 2 N–H and O–H groups in total. The van der Waals surface area contributed by atoms with Gasteiger partial charge in [0, 0.05) is 19.7 Å². The molecule has 0 heterocycles. The third-order valence-corrected chi connectivity index (χ3v) is 3.90. The van der Waals surface area contributed by atoms with E-state index in [9.17, 15) is 14.7 Å². The second kappa shape index (κ2) is 8.29. The van der Waals surface area contributed by atoms with E-state index < -0.39 is 11.6 Å². The molecule has 0 aliphatic rings. The summed E-state index contributed by atoms with van der Waals surface area (Å²) in [5.41, 5.74) is 0.894. The number of nitrogens with one attached hydrogen (secondary N) is 1. The Bertz CT molecular complexity index is 557. The smallest absolute Gasteiger partial charge is 0.251 e. The molecule has 0 saturated carbocycles. The van der Waals surface area contributed by atoms with Gasteiger partial charge in [0.1, 0.15) is 6.04 Å². The second-order valence-corrected chi connectivity index (χ2v) is 7.44. The molecule has 24 heavy (non-hydrogen) atoms. The number of nitrogens with zero attached hydrogens (tertiary/aromatic N) is 1. The van der Waals surface area contributed by atoms with E-state index in [0.717, 1.165) is 12.0 Å². The van der Waals surface area contributed by atoms with Crippen LogP contribution in [0.4, 0.5) is 0 Å². The number of carbonyl (C=O) groups excluding carboxylic acids is 2. The summed E-state index contributed by atoms with van der Waals surface area (Å²) < 4.78 is 0. The molecule has 1 atom stereocenters. The maximum absolute atomic E-state index is 12.4. The van der Waals surface area contributed by atoms with Crippen molar-refractivity contribution in [2.75, 3.05) is 14.1 Å². The summed E-state index contributed by atoms with van der Waals surface area (Å²) in [6.07, 6.45) is 1.41. The molecule has 0 radical (unpaired) electrons. The molecule has 5 heteroatoms. The molecule has 0 spiro atoms. The van der Waals surface area contributed by atoms with Crippen molar-refractivity contribution in [3.63, 3.8) is 0 Å². The summed E-state index contributed by atoms with van der Waals surface area (Å²) in [6.45, 7) is 7.38. The molecule has 1 aromatic carbocycles. The number of likely N-dealkylation sites (N-methyl/N-ethyl adjacent to an activating group) is 1. The lowest BCUT2D eigenvalue weighted by atomic mass is 9.98. The standard InChI is InChI=1S/C19H30N2O3/c1-13(2)16(18(23)21(5)6)20-17(22)15-9-7-14(8-10-15)11-12-19(3,4)24/h7-10,13,16,24H,11-12H2,1-6H3,(H,20,22). The number of rotatable bonds is 7. The molecule has 0 fully saturated rings. The van der Waals surface area contributed by atoms with E-state index in [1.54, 1.807) is 40.1 Å². The predicted molar refractivity (Wildman–Crippen MR) is 95.8 cm³/mol. The van der Waals surface area contributed by atoms with Crippen LogP contribution in [0.3, 0.4) is 0 Å². The van der Waals surface area contributed by atoms with Crippen molar-refractivity contribution in [2.45, 2.75) is 52.2 Å². The van der Waals surface area contributed by atoms with Gasteiger partial charge in [0.2, 0.25) is 5.91 Å². The van der Waals surface area contributed by atoms with E-state index in [2.05, 4.69) is 5.32 Å². The maximum atomic E-state index is 12.4. The van der Waals surface area contributed by atoms with E-state index in [-0.39, 0.29) is 17.7 Å². The number of aryl methyl sites for hydroxylation is 1. The van der Waals surface area contributed by atoms with Gasteiger partial charge >= 0.3 is 0 Å². The van der Waals surface area contributed by atoms with Gasteiger partial charge in [-0.15, -0.1) is 0 Å². The predicted octanol–water partition coefficient (Wildman–Crippen LogP) is 2.23. The molecule has 1 unspecified atom stereocenters. The summed E-state index contributed by atoms with van der Waals surface area (Å²) in [4.78, 5) is 26.1. The Hall–Kier alpha value is -1.88. The van der Waals surface area contributed by atoms with Gasteiger partial charge in [-0.05, 0) is 50.3 Å². The lowest BCUT2D eigenvalue weighted by Gasteiger charge is -2.24. The Morgan fingerprint density at radius 2 is 1.71 bits per heavy atom. The van der Waals surface area contributed by atoms with Gasteiger partial charge in [-0.1, -0.05) is 26.0 Å². The Kier molecular flexibility index (Phi) is 6.96. The molecular formula is C19H30N2O3. The molecule has 0 aromatic heterocycles. The van der Waals surface area contributed by atoms with Gasteiger partial charge < -0.3 is 15.3 Å².